The SMILES string of the molecule is C=C/C=C(\C=C)CNC(=C)C1CCCN1C(=C)Cc1cnccn1. The highest BCUT2D eigenvalue weighted by Crippen LogP contribution is 2.26. The van der Waals surface area contributed by atoms with Crippen LogP contribution in [0.4, 0.5) is 0 Å². The summed E-state index contributed by atoms with van der Waals surface area (Å²) >= 11 is 0. The maximum absolute atomic E-state index is 4.34. The Morgan fingerprint density at radius 1 is 1.33 bits per heavy atom. The predicted molar refractivity (Wildman–Crippen MR) is 100 cm³/mol. The van der Waals surface area contributed by atoms with Gasteiger partial charge in [0.2, 0.25) is 0 Å². The largest absolute Gasteiger partial charge is 0.383 e. The predicted octanol–water partition coefficient (Wildman–Crippen LogP) is 3.40. The zero-order valence-electron chi connectivity index (χ0n) is 14.2. The Hall–Kier alpha value is -2.62. The molecule has 1 fully saturated rings. The molecule has 0 aliphatic carbocycles. The minimum atomic E-state index is 0.268. The van der Waals surface area contributed by atoms with Gasteiger partial charge in [-0.1, -0.05) is 44.5 Å². The Bertz CT molecular complexity index is 630. The third-order valence-electron chi connectivity index (χ3n) is 4.18. The van der Waals surface area contributed by atoms with Gasteiger partial charge in [0.05, 0.1) is 11.7 Å². The molecule has 0 aromatic carbocycles. The smallest absolute Gasteiger partial charge is 0.0680 e. The van der Waals surface area contributed by atoms with Gasteiger partial charge in [-0.15, -0.1) is 0 Å². The molecule has 2 rings (SSSR count). The van der Waals surface area contributed by atoms with Crippen molar-refractivity contribution in [3.63, 3.8) is 0 Å². The lowest BCUT2D eigenvalue weighted by molar-refractivity contribution is 0.338. The second kappa shape index (κ2) is 8.87. The van der Waals surface area contributed by atoms with E-state index in [0.29, 0.717) is 13.0 Å². The third kappa shape index (κ3) is 4.69. The van der Waals surface area contributed by atoms with Crippen LogP contribution < -0.4 is 5.32 Å². The van der Waals surface area contributed by atoms with E-state index < -0.39 is 0 Å². The fraction of sp³-hybridized carbons (Fsp3) is 0.300. The quantitative estimate of drug-likeness (QED) is 0.708. The average Bonchev–Trinajstić information content (AvgIpc) is 3.09. The number of hydrogen-bond acceptors (Lipinski definition) is 4. The van der Waals surface area contributed by atoms with Crippen LogP contribution in [0.5, 0.6) is 0 Å². The van der Waals surface area contributed by atoms with Crippen molar-refractivity contribution in [1.82, 2.24) is 20.2 Å². The summed E-state index contributed by atoms with van der Waals surface area (Å²) in [7, 11) is 0. The summed E-state index contributed by atoms with van der Waals surface area (Å²) in [5.74, 6) is 0. The van der Waals surface area contributed by atoms with Crippen LogP contribution in [-0.2, 0) is 6.42 Å². The van der Waals surface area contributed by atoms with Crippen molar-refractivity contribution in [2.24, 2.45) is 0 Å². The summed E-state index contributed by atoms with van der Waals surface area (Å²) in [5, 5.41) is 3.42. The van der Waals surface area contributed by atoms with Crippen LogP contribution >= 0.6 is 0 Å². The second-order valence-corrected chi connectivity index (χ2v) is 5.85. The molecule has 4 heteroatoms. The molecule has 0 saturated carbocycles. The van der Waals surface area contributed by atoms with E-state index in [-0.39, 0.29) is 6.04 Å². The Morgan fingerprint density at radius 2 is 2.17 bits per heavy atom. The van der Waals surface area contributed by atoms with Crippen LogP contribution in [0.1, 0.15) is 18.5 Å². The van der Waals surface area contributed by atoms with Crippen LogP contribution in [-0.4, -0.2) is 34.0 Å². The van der Waals surface area contributed by atoms with Crippen molar-refractivity contribution >= 4 is 0 Å². The van der Waals surface area contributed by atoms with E-state index in [1.165, 1.54) is 0 Å². The van der Waals surface area contributed by atoms with Gasteiger partial charge in [-0.05, 0) is 18.4 Å². The number of aromatic nitrogens is 2. The highest BCUT2D eigenvalue weighted by molar-refractivity contribution is 5.24. The van der Waals surface area contributed by atoms with Gasteiger partial charge in [-0.25, -0.2) is 0 Å². The molecule has 1 atom stereocenters. The van der Waals surface area contributed by atoms with Gasteiger partial charge in [0.25, 0.3) is 0 Å². The first-order valence-electron chi connectivity index (χ1n) is 8.21. The number of nitrogens with one attached hydrogen (secondary N) is 1. The van der Waals surface area contributed by atoms with Crippen molar-refractivity contribution in [2.75, 3.05) is 13.1 Å². The molecule has 4 nitrogen and oxygen atoms in total. The van der Waals surface area contributed by atoms with Gasteiger partial charge in [-0.2, -0.15) is 0 Å². The van der Waals surface area contributed by atoms with E-state index in [1.807, 2.05) is 12.2 Å². The number of nitrogens with zero attached hydrogens (tertiary/aromatic N) is 3. The van der Waals surface area contributed by atoms with Gasteiger partial charge in [0.1, 0.15) is 0 Å². The second-order valence-electron chi connectivity index (χ2n) is 5.85. The molecule has 1 N–H and O–H groups in total. The molecule has 2 heterocycles. The number of allylic oxidation sites excluding steroid dienone is 3. The van der Waals surface area contributed by atoms with E-state index in [2.05, 4.69) is 46.5 Å². The molecule has 0 bridgehead atoms. The Balaban J connectivity index is 1.95. The summed E-state index contributed by atoms with van der Waals surface area (Å²) in [5.41, 5.74) is 4.11. The zero-order chi connectivity index (χ0) is 17.4. The molecule has 1 aliphatic rings. The lowest BCUT2D eigenvalue weighted by Crippen LogP contribution is -2.36. The number of likely N-dealkylation sites (tertiary alicyclic amines) is 1. The van der Waals surface area contributed by atoms with Crippen molar-refractivity contribution < 1.29 is 0 Å². The first kappa shape index (κ1) is 17.7. The van der Waals surface area contributed by atoms with Gasteiger partial charge >= 0.3 is 0 Å². The molecule has 1 aliphatic heterocycles. The summed E-state index contributed by atoms with van der Waals surface area (Å²) in [6, 6.07) is 0.268. The maximum Gasteiger partial charge on any atom is 0.0680 e. The molecule has 0 amide bonds. The number of hydrogen-bond donors (Lipinski definition) is 1. The molecule has 126 valence electrons. The molecule has 1 aromatic heterocycles. The van der Waals surface area contributed by atoms with Gasteiger partial charge in [0.15, 0.2) is 0 Å². The normalized spacial score (nSPS) is 17.4. The van der Waals surface area contributed by atoms with Crippen LogP contribution in [0.2, 0.25) is 0 Å². The van der Waals surface area contributed by atoms with E-state index in [0.717, 1.165) is 42.0 Å². The van der Waals surface area contributed by atoms with Crippen LogP contribution in [0.25, 0.3) is 0 Å². The first-order valence-corrected chi connectivity index (χ1v) is 8.21. The maximum atomic E-state index is 4.34. The van der Waals surface area contributed by atoms with Crippen molar-refractivity contribution in [1.29, 1.82) is 0 Å². The van der Waals surface area contributed by atoms with Gasteiger partial charge < -0.3 is 10.2 Å². The van der Waals surface area contributed by atoms with Crippen molar-refractivity contribution in [3.8, 4) is 0 Å². The summed E-state index contributed by atoms with van der Waals surface area (Å²) < 4.78 is 0. The number of rotatable bonds is 9. The molecular formula is C20H26N4. The molecule has 0 spiro atoms. The summed E-state index contributed by atoms with van der Waals surface area (Å²) in [6.45, 7) is 17.7. The Morgan fingerprint density at radius 3 is 2.83 bits per heavy atom. The topological polar surface area (TPSA) is 41.0 Å². The highest BCUT2D eigenvalue weighted by atomic mass is 15.2. The lowest BCUT2D eigenvalue weighted by Gasteiger charge is -2.30. The summed E-state index contributed by atoms with van der Waals surface area (Å²) in [6.07, 6.45) is 13.7. The summed E-state index contributed by atoms with van der Waals surface area (Å²) in [4.78, 5) is 10.8. The van der Waals surface area contributed by atoms with Gasteiger partial charge in [-0.3, -0.25) is 9.97 Å². The Labute approximate surface area is 145 Å². The molecule has 1 saturated heterocycles. The Kier molecular flexibility index (Phi) is 6.55. The third-order valence-corrected chi connectivity index (χ3v) is 4.18. The monoisotopic (exact) mass is 322 g/mol. The van der Waals surface area contributed by atoms with Crippen LogP contribution in [0, 0.1) is 0 Å². The van der Waals surface area contributed by atoms with Crippen molar-refractivity contribution in [2.45, 2.75) is 25.3 Å². The lowest BCUT2D eigenvalue weighted by atomic mass is 10.1. The van der Waals surface area contributed by atoms with Crippen molar-refractivity contribution in [3.05, 3.63) is 85.8 Å². The van der Waals surface area contributed by atoms with E-state index in [9.17, 15) is 0 Å². The molecule has 1 aromatic rings. The minimum absolute atomic E-state index is 0.268. The molecule has 24 heavy (non-hydrogen) atoms. The fourth-order valence-electron chi connectivity index (χ4n) is 2.92. The van der Waals surface area contributed by atoms with Crippen LogP contribution in [0.15, 0.2) is 80.1 Å². The van der Waals surface area contributed by atoms with E-state index in [1.54, 1.807) is 24.7 Å². The minimum Gasteiger partial charge on any atom is -0.383 e. The molecular weight excluding hydrogens is 296 g/mol. The molecule has 1 unspecified atom stereocenters. The fourth-order valence-corrected chi connectivity index (χ4v) is 2.92. The average molecular weight is 322 g/mol. The molecule has 0 radical (unpaired) electrons. The highest BCUT2D eigenvalue weighted by Gasteiger charge is 2.27. The van der Waals surface area contributed by atoms with E-state index >= 15 is 0 Å². The first-order chi connectivity index (χ1) is 11.7. The standard InChI is InChI=1S/C20H26N4/c1-5-8-18(6-2)14-23-17(4)20-9-7-12-24(20)16(3)13-19-15-21-10-11-22-19/h5-6,8,10-11,15,20,23H,1-4,7,9,12-14H2/b18-8+. The van der Waals surface area contributed by atoms with Gasteiger partial charge in [0, 0.05) is 49.5 Å². The van der Waals surface area contributed by atoms with Crippen LogP contribution in [0.3, 0.4) is 0 Å². The zero-order valence-corrected chi connectivity index (χ0v) is 14.2. The van der Waals surface area contributed by atoms with E-state index in [4.69, 9.17) is 0 Å².